The minimum Gasteiger partial charge on any atom is -0.114 e. The van der Waals surface area contributed by atoms with Gasteiger partial charge in [0.15, 0.2) is 0 Å². The van der Waals surface area contributed by atoms with Gasteiger partial charge in [-0.1, -0.05) is 61.9 Å². The third kappa shape index (κ3) is 7.75. The molecule has 0 aromatic rings. The lowest BCUT2D eigenvalue weighted by molar-refractivity contribution is 0.00647. The molecule has 0 heterocycles. The highest BCUT2D eigenvalue weighted by Gasteiger charge is 2.67. The van der Waals surface area contributed by atoms with Gasteiger partial charge in [0, 0.05) is 5.16 Å². The van der Waals surface area contributed by atoms with Crippen molar-refractivity contribution in [2.45, 2.75) is 79.2 Å². The van der Waals surface area contributed by atoms with Crippen molar-refractivity contribution in [3.05, 3.63) is 0 Å². The summed E-state index contributed by atoms with van der Waals surface area (Å²) in [5.41, 5.74) is 2.95. The Morgan fingerprint density at radius 2 is 1.50 bits per heavy atom. The topological polar surface area (TPSA) is 0 Å². The van der Waals surface area contributed by atoms with Gasteiger partial charge in [-0.15, -0.1) is 89.3 Å². The van der Waals surface area contributed by atoms with Crippen LogP contribution in [0.4, 0.5) is 0 Å². The van der Waals surface area contributed by atoms with E-state index in [-0.39, 0.29) is 35.9 Å². The van der Waals surface area contributed by atoms with E-state index in [0.29, 0.717) is 10.3 Å². The smallest absolute Gasteiger partial charge is 0.00726 e. The predicted molar refractivity (Wildman–Crippen MR) is 246 cm³/mol. The number of fused-ring (bicyclic) bond motifs is 5. The van der Waals surface area contributed by atoms with E-state index in [1.165, 1.54) is 27.5 Å². The third-order valence-electron chi connectivity index (χ3n) is 10.4. The summed E-state index contributed by atoms with van der Waals surface area (Å²) in [6.45, 7) is 2.82. The molecule has 0 aromatic carbocycles. The Morgan fingerprint density at radius 1 is 0.789 bits per heavy atom. The van der Waals surface area contributed by atoms with Crippen molar-refractivity contribution in [2.75, 3.05) is 0 Å². The lowest BCUT2D eigenvalue weighted by Crippen LogP contribution is -2.63. The van der Waals surface area contributed by atoms with E-state index in [4.69, 9.17) is 0 Å². The minimum atomic E-state index is -0.0669. The van der Waals surface area contributed by atoms with E-state index >= 15 is 0 Å². The maximum Gasteiger partial charge on any atom is 0.00726 e. The van der Waals surface area contributed by atoms with Gasteiger partial charge in [-0.05, 0) is 118 Å². The first kappa shape index (κ1) is 39.4. The Balaban J connectivity index is 1.79. The maximum atomic E-state index is 3.49. The molecule has 0 bridgehead atoms. The molecule has 0 N–H and O–H groups in total. The van der Waals surface area contributed by atoms with E-state index in [2.05, 4.69) is 96.2 Å². The first-order chi connectivity index (χ1) is 18.0. The number of hydrogen-bond donors (Lipinski definition) is 0. The zero-order chi connectivity index (χ0) is 28.0. The summed E-state index contributed by atoms with van der Waals surface area (Å²) in [6, 6.07) is 0. The van der Waals surface area contributed by atoms with Crippen molar-refractivity contribution in [3.8, 4) is 0 Å². The van der Waals surface area contributed by atoms with E-state index in [1.807, 2.05) is 0 Å². The van der Waals surface area contributed by atoms with Crippen LogP contribution in [-0.4, -0.2) is 27.3 Å². The molecule has 0 aromatic heterocycles. The number of rotatable bonds is 10. The van der Waals surface area contributed by atoms with Crippen molar-refractivity contribution in [1.82, 2.24) is 0 Å². The van der Waals surface area contributed by atoms with Crippen LogP contribution in [0.2, 0.25) is 0 Å². The molecule has 0 aliphatic heterocycles. The molecule has 28 unspecified atom stereocenters. The molecule has 4 rings (SSSR count). The summed E-state index contributed by atoms with van der Waals surface area (Å²) < 4.78 is 0. The largest absolute Gasteiger partial charge is 0.114 e. The normalized spacial score (nSPS) is 47.0. The van der Waals surface area contributed by atoms with Gasteiger partial charge < -0.3 is 0 Å². The minimum absolute atomic E-state index is 0.00283. The van der Waals surface area contributed by atoms with Crippen LogP contribution >= 0.6 is 166 Å². The standard InChI is InChI=1S/C18H50P20/c1-9-4-6-17(30-19)11-5-7-18(36(24)25)12(2-3-14(18)29-38(28)33-22)10(11)8-13(34(23)31-20)15(17)16(9)35(32-21)37(26)27/h9-16,29-33H,2-8,19-28H2,1H3. The SMILES string of the molecule is CC1CCC2(PP)C3CCC4(P(P)P)C(PP(P)PP)CCC4C3CC(P(P)PP)C2C1P(PP)P(P)P. The Labute approximate surface area is 272 Å². The second kappa shape index (κ2) is 17.7. The van der Waals surface area contributed by atoms with Crippen LogP contribution in [0, 0.1) is 29.6 Å². The Morgan fingerprint density at radius 3 is 2.05 bits per heavy atom. The van der Waals surface area contributed by atoms with Crippen LogP contribution in [0.25, 0.3) is 0 Å². The molecular weight excluding hydrogens is 836 g/mol. The summed E-state index contributed by atoms with van der Waals surface area (Å²) in [7, 11) is 38.7. The molecule has 28 atom stereocenters. The highest BCUT2D eigenvalue weighted by atomic mass is 32.9. The lowest BCUT2D eigenvalue weighted by Gasteiger charge is -2.67. The molecular formula is C18H50P20. The van der Waals surface area contributed by atoms with Gasteiger partial charge in [-0.25, -0.2) is 0 Å². The average molecular weight is 886 g/mol. The fourth-order valence-corrected chi connectivity index (χ4v) is 59.9. The van der Waals surface area contributed by atoms with Crippen molar-refractivity contribution >= 4 is 166 Å². The van der Waals surface area contributed by atoms with Crippen LogP contribution in [0.1, 0.15) is 51.9 Å². The van der Waals surface area contributed by atoms with E-state index < -0.39 is 0 Å². The van der Waals surface area contributed by atoms with Crippen molar-refractivity contribution in [1.29, 1.82) is 0 Å². The second-order valence-electron chi connectivity index (χ2n) is 11.5. The van der Waals surface area contributed by atoms with Gasteiger partial charge in [-0.2, -0.15) is 0 Å². The van der Waals surface area contributed by atoms with Crippen LogP contribution in [0.5, 0.6) is 0 Å². The van der Waals surface area contributed by atoms with E-state index in [9.17, 15) is 0 Å². The molecule has 0 nitrogen and oxygen atoms in total. The molecule has 222 valence electrons. The molecule has 4 fully saturated rings. The Bertz CT molecular complexity index is 787. The molecule has 38 heavy (non-hydrogen) atoms. The summed E-state index contributed by atoms with van der Waals surface area (Å²) in [6.07, 6.45) is 10.8. The van der Waals surface area contributed by atoms with Crippen LogP contribution in [0.15, 0.2) is 0 Å². The zero-order valence-electron chi connectivity index (χ0n) is 22.1. The number of hydrogen-bond acceptors (Lipinski definition) is 0. The summed E-state index contributed by atoms with van der Waals surface area (Å²) >= 11 is 0. The molecule has 0 radical (unpaired) electrons. The van der Waals surface area contributed by atoms with Gasteiger partial charge in [0.1, 0.15) is 0 Å². The quantitative estimate of drug-likeness (QED) is 0.192. The monoisotopic (exact) mass is 886 g/mol. The average Bonchev–Trinajstić information content (AvgIpc) is 3.28. The molecule has 20 heteroatoms. The van der Waals surface area contributed by atoms with Gasteiger partial charge in [0.2, 0.25) is 0 Å². The highest BCUT2D eigenvalue weighted by Crippen LogP contribution is 2.94. The van der Waals surface area contributed by atoms with Crippen LogP contribution in [-0.2, 0) is 0 Å². The van der Waals surface area contributed by atoms with Gasteiger partial charge in [-0.3, -0.25) is 0 Å². The zero-order valence-corrected chi connectivity index (χ0v) is 43.1. The van der Waals surface area contributed by atoms with Crippen molar-refractivity contribution < 1.29 is 0 Å². The molecule has 0 saturated heterocycles. The molecule has 4 aliphatic carbocycles. The second-order valence-corrected chi connectivity index (χ2v) is 63.0. The first-order valence-electron chi connectivity index (χ1n) is 13.1. The van der Waals surface area contributed by atoms with Crippen molar-refractivity contribution in [2.24, 2.45) is 29.6 Å². The van der Waals surface area contributed by atoms with Gasteiger partial charge in [0.25, 0.3) is 0 Å². The van der Waals surface area contributed by atoms with E-state index in [1.54, 1.807) is 25.7 Å². The first-order valence-corrected chi connectivity index (χ1v) is 46.1. The predicted octanol–water partition coefficient (Wildman–Crippen LogP) is 13.7. The van der Waals surface area contributed by atoms with E-state index in [0.717, 1.165) is 78.7 Å². The summed E-state index contributed by atoms with van der Waals surface area (Å²) in [5.74, 6) is 4.87. The van der Waals surface area contributed by atoms with Crippen LogP contribution in [0.3, 0.4) is 0 Å². The molecule has 4 aliphatic rings. The van der Waals surface area contributed by atoms with Crippen LogP contribution < -0.4 is 0 Å². The van der Waals surface area contributed by atoms with Gasteiger partial charge >= 0.3 is 0 Å². The van der Waals surface area contributed by atoms with Gasteiger partial charge in [0.05, 0.1) is 0 Å². The fraction of sp³-hybridized carbons (Fsp3) is 1.00. The highest BCUT2D eigenvalue weighted by molar-refractivity contribution is 8.87. The summed E-state index contributed by atoms with van der Waals surface area (Å²) in [5, 5.41) is 1.24. The van der Waals surface area contributed by atoms with Crippen molar-refractivity contribution in [3.63, 3.8) is 0 Å². The third-order valence-corrected chi connectivity index (χ3v) is 68.9. The maximum absolute atomic E-state index is 3.49. The Kier molecular flexibility index (Phi) is 18.3. The molecule has 4 saturated carbocycles. The fourth-order valence-electron chi connectivity index (χ4n) is 9.03. The molecule has 0 amide bonds. The lowest BCUT2D eigenvalue weighted by atomic mass is 9.52. The summed E-state index contributed by atoms with van der Waals surface area (Å²) in [4.78, 5) is 0. The molecule has 0 spiro atoms. The Hall–Kier alpha value is 8.60.